The van der Waals surface area contributed by atoms with E-state index in [9.17, 15) is 0 Å². The molecule has 0 saturated carbocycles. The molecule has 27 heavy (non-hydrogen) atoms. The van der Waals surface area contributed by atoms with Gasteiger partial charge in [0.2, 0.25) is 0 Å². The molecule has 0 fully saturated rings. The van der Waals surface area contributed by atoms with E-state index < -0.39 is 0 Å². The summed E-state index contributed by atoms with van der Waals surface area (Å²) >= 11 is 0. The fourth-order valence-corrected chi connectivity index (χ4v) is 3.13. The van der Waals surface area contributed by atoms with Crippen LogP contribution in [0.4, 0.5) is 0 Å². The summed E-state index contributed by atoms with van der Waals surface area (Å²) in [5.41, 5.74) is 0. The molecule has 6 heteroatoms. The third-order valence-electron chi connectivity index (χ3n) is 4.68. The summed E-state index contributed by atoms with van der Waals surface area (Å²) in [5.74, 6) is 0. The second kappa shape index (κ2) is 31.4. The molecule has 0 heterocycles. The van der Waals surface area contributed by atoms with Gasteiger partial charge in [-0.3, -0.25) is 0 Å². The van der Waals surface area contributed by atoms with Gasteiger partial charge in [0.05, 0.1) is 27.7 Å². The molecule has 0 rings (SSSR count). The molecule has 0 aliphatic rings. The fraction of sp³-hybridized carbons (Fsp3) is 1.00. The summed E-state index contributed by atoms with van der Waals surface area (Å²) in [6.45, 7) is 3.63. The van der Waals surface area contributed by atoms with E-state index in [1.165, 1.54) is 109 Å². The molecule has 0 aromatic carbocycles. The average Bonchev–Trinajstić information content (AvgIpc) is 2.45. The average molecular weight is 455 g/mol. The van der Waals surface area contributed by atoms with Crippen molar-refractivity contribution in [3.63, 3.8) is 0 Å². The Balaban J connectivity index is -0.000000220. The maximum absolute atomic E-state index is 2.30. The van der Waals surface area contributed by atoms with Gasteiger partial charge in [0, 0.05) is 0 Å². The summed E-state index contributed by atoms with van der Waals surface area (Å²) in [6.07, 6.45) is 23.4. The molecule has 0 amide bonds. The molecule has 0 aromatic heterocycles. The van der Waals surface area contributed by atoms with E-state index in [2.05, 4.69) is 28.1 Å². The molecule has 0 aliphatic carbocycles. The van der Waals surface area contributed by atoms with Crippen LogP contribution in [0.5, 0.6) is 0 Å². The maximum atomic E-state index is 2.30. The number of nitrogens with zero attached hydrogens (tertiary/aromatic N) is 1. The number of quaternary nitrogens is 1. The van der Waals surface area contributed by atoms with E-state index in [4.69, 9.17) is 0 Å². The molecule has 0 radical (unpaired) electrons. The van der Waals surface area contributed by atoms with Gasteiger partial charge in [-0.05, 0) is 12.8 Å². The summed E-state index contributed by atoms with van der Waals surface area (Å²) in [4.78, 5) is 0. The highest BCUT2D eigenvalue weighted by Gasteiger charge is 2.04. The van der Waals surface area contributed by atoms with Gasteiger partial charge in [-0.15, -0.1) is 24.8 Å². The first-order chi connectivity index (χ1) is 10.6. The first-order valence-electron chi connectivity index (χ1n) is 10.4. The van der Waals surface area contributed by atoms with Gasteiger partial charge in [-0.25, -0.2) is 0 Å². The minimum absolute atomic E-state index is 0. The monoisotopic (exact) mass is 453 g/mol. The molecule has 6 N–H and O–H groups in total. The van der Waals surface area contributed by atoms with Crippen molar-refractivity contribution < 1.29 is 16.9 Å². The van der Waals surface area contributed by atoms with E-state index >= 15 is 0 Å². The van der Waals surface area contributed by atoms with Crippen LogP contribution in [-0.2, 0) is 0 Å². The first-order valence-corrected chi connectivity index (χ1v) is 10.4. The number of hydrogen-bond acceptors (Lipinski definition) is 2. The largest absolute Gasteiger partial charge is 1.00 e. The smallest absolute Gasteiger partial charge is 0.0780 e. The van der Waals surface area contributed by atoms with E-state index in [1.807, 2.05) is 0 Å². The molecule has 0 aromatic rings. The lowest BCUT2D eigenvalue weighted by atomic mass is 10.0. The third kappa shape index (κ3) is 42.0. The number of unbranched alkanes of at least 4 members (excludes halogenated alkanes) is 15. The fourth-order valence-electron chi connectivity index (χ4n) is 3.13. The predicted molar refractivity (Wildman–Crippen MR) is 127 cm³/mol. The van der Waals surface area contributed by atoms with Gasteiger partial charge in [0.15, 0.2) is 0 Å². The standard InChI is InChI=1S/C21H46N.3ClH.2H3N/c1-5-6-7-8-9-10-11-12-13-14-15-16-17-18-19-20-21-22(2,3)4;;;;;/h5-21H2,1-4H3;3*1H;2*1H3/q+1;;;;;/p-1. The van der Waals surface area contributed by atoms with E-state index in [0.29, 0.717) is 0 Å². The maximum Gasteiger partial charge on any atom is 0.0780 e. The SMILES string of the molecule is CCCCCCCCCCCCCCCCCC[N+](C)(C)C.Cl.Cl.N.N.[Cl-]. The van der Waals surface area contributed by atoms with Crippen LogP contribution >= 0.6 is 24.8 Å². The lowest BCUT2D eigenvalue weighted by Gasteiger charge is -2.23. The van der Waals surface area contributed by atoms with E-state index in [-0.39, 0.29) is 49.5 Å². The van der Waals surface area contributed by atoms with Gasteiger partial charge in [0.1, 0.15) is 0 Å². The minimum atomic E-state index is 0. The summed E-state index contributed by atoms with van der Waals surface area (Å²) in [5, 5.41) is 0. The molecule has 0 saturated heterocycles. The van der Waals surface area contributed by atoms with Crippen molar-refractivity contribution in [2.24, 2.45) is 0 Å². The Kier molecular flexibility index (Phi) is 48.9. The van der Waals surface area contributed by atoms with Crippen LogP contribution in [0.2, 0.25) is 0 Å². The normalized spacial score (nSPS) is 9.78. The third-order valence-corrected chi connectivity index (χ3v) is 4.68. The van der Waals surface area contributed by atoms with Crippen molar-refractivity contribution in [2.45, 2.75) is 110 Å². The predicted octanol–water partition coefficient (Wildman–Crippen LogP) is 5.13. The van der Waals surface area contributed by atoms with Crippen LogP contribution in [0.3, 0.4) is 0 Å². The van der Waals surface area contributed by atoms with E-state index in [0.717, 1.165) is 4.48 Å². The van der Waals surface area contributed by atoms with Gasteiger partial charge in [-0.1, -0.05) is 96.8 Å². The van der Waals surface area contributed by atoms with Gasteiger partial charge in [0.25, 0.3) is 0 Å². The molecule has 0 unspecified atom stereocenters. The Bertz CT molecular complexity index is 225. The van der Waals surface area contributed by atoms with Crippen molar-refractivity contribution in [3.8, 4) is 0 Å². The molecular formula is C21H54Cl3N3. The van der Waals surface area contributed by atoms with Gasteiger partial charge < -0.3 is 29.2 Å². The molecule has 0 aliphatic heterocycles. The zero-order chi connectivity index (χ0) is 16.5. The van der Waals surface area contributed by atoms with Crippen LogP contribution in [0.25, 0.3) is 0 Å². The highest BCUT2D eigenvalue weighted by atomic mass is 35.5. The highest BCUT2D eigenvalue weighted by molar-refractivity contribution is 5.85. The van der Waals surface area contributed by atoms with Crippen LogP contribution in [0.15, 0.2) is 0 Å². The number of halogens is 3. The zero-order valence-electron chi connectivity index (χ0n) is 19.1. The summed E-state index contributed by atoms with van der Waals surface area (Å²) < 4.78 is 1.12. The van der Waals surface area contributed by atoms with Crippen LogP contribution < -0.4 is 24.7 Å². The Hall–Kier alpha value is 0.750. The number of hydrogen-bond donors (Lipinski definition) is 2. The Morgan fingerprint density at radius 2 is 0.667 bits per heavy atom. The van der Waals surface area contributed by atoms with Crippen molar-refractivity contribution in [1.82, 2.24) is 12.3 Å². The quantitative estimate of drug-likeness (QED) is 0.236. The Morgan fingerprint density at radius 1 is 0.444 bits per heavy atom. The van der Waals surface area contributed by atoms with Crippen molar-refractivity contribution in [1.29, 1.82) is 0 Å². The van der Waals surface area contributed by atoms with Crippen LogP contribution in [0.1, 0.15) is 110 Å². The highest BCUT2D eigenvalue weighted by Crippen LogP contribution is 2.13. The second-order valence-corrected chi connectivity index (χ2v) is 8.32. The molecule has 0 spiro atoms. The molecule has 3 nitrogen and oxygen atoms in total. The second-order valence-electron chi connectivity index (χ2n) is 8.32. The van der Waals surface area contributed by atoms with Crippen molar-refractivity contribution >= 4 is 24.8 Å². The molecule has 0 atom stereocenters. The molecule has 174 valence electrons. The van der Waals surface area contributed by atoms with Crippen molar-refractivity contribution in [3.05, 3.63) is 0 Å². The zero-order valence-corrected chi connectivity index (χ0v) is 21.5. The molecule has 0 bridgehead atoms. The van der Waals surface area contributed by atoms with E-state index in [1.54, 1.807) is 0 Å². The molecular weight excluding hydrogens is 401 g/mol. The lowest BCUT2D eigenvalue weighted by molar-refractivity contribution is -0.870. The summed E-state index contributed by atoms with van der Waals surface area (Å²) in [7, 11) is 6.89. The lowest BCUT2D eigenvalue weighted by Crippen LogP contribution is -3.00. The van der Waals surface area contributed by atoms with Crippen LogP contribution in [0, 0.1) is 0 Å². The van der Waals surface area contributed by atoms with Gasteiger partial charge >= 0.3 is 0 Å². The summed E-state index contributed by atoms with van der Waals surface area (Å²) in [6, 6.07) is 0. The van der Waals surface area contributed by atoms with Crippen LogP contribution in [-0.4, -0.2) is 32.2 Å². The van der Waals surface area contributed by atoms with Gasteiger partial charge in [-0.2, -0.15) is 0 Å². The topological polar surface area (TPSA) is 70.0 Å². The van der Waals surface area contributed by atoms with Crippen molar-refractivity contribution in [2.75, 3.05) is 27.7 Å². The number of rotatable bonds is 17. The first kappa shape index (κ1) is 42.0. The Labute approximate surface area is 191 Å². The minimum Gasteiger partial charge on any atom is -1.00 e. The Morgan fingerprint density at radius 3 is 0.889 bits per heavy atom.